The first-order valence-corrected chi connectivity index (χ1v) is 8.65. The average molecular weight is 338 g/mol. The van der Waals surface area contributed by atoms with E-state index in [2.05, 4.69) is 27.3 Å². The molecule has 2 aliphatic rings. The third kappa shape index (κ3) is 3.13. The van der Waals surface area contributed by atoms with E-state index in [4.69, 9.17) is 4.74 Å². The standard InChI is InChI=1S/C17H24BrNO/c1-20-17-9-7-14(18)11-16(17)19-15-8-6-12-4-2-3-5-13(12)10-15/h7,9,11-13,15,19H,2-6,8,10H2,1H3. The topological polar surface area (TPSA) is 21.3 Å². The molecule has 0 aromatic heterocycles. The van der Waals surface area contributed by atoms with Crippen LogP contribution in [0.3, 0.4) is 0 Å². The normalized spacial score (nSPS) is 29.6. The molecule has 2 saturated carbocycles. The Balaban J connectivity index is 1.67. The Bertz CT molecular complexity index is 462. The number of fused-ring (bicyclic) bond motifs is 1. The highest BCUT2D eigenvalue weighted by atomic mass is 79.9. The number of anilines is 1. The van der Waals surface area contributed by atoms with Crippen molar-refractivity contribution in [1.82, 2.24) is 0 Å². The van der Waals surface area contributed by atoms with Gasteiger partial charge in [0.2, 0.25) is 0 Å². The van der Waals surface area contributed by atoms with E-state index in [1.54, 1.807) is 7.11 Å². The maximum atomic E-state index is 5.47. The van der Waals surface area contributed by atoms with Gasteiger partial charge in [-0.2, -0.15) is 0 Å². The summed E-state index contributed by atoms with van der Waals surface area (Å²) in [5.41, 5.74) is 1.13. The van der Waals surface area contributed by atoms with Gasteiger partial charge in [0.25, 0.3) is 0 Å². The van der Waals surface area contributed by atoms with E-state index < -0.39 is 0 Å². The number of methoxy groups -OCH3 is 1. The summed E-state index contributed by atoms with van der Waals surface area (Å²) in [6.07, 6.45) is 9.85. The number of ether oxygens (including phenoxy) is 1. The van der Waals surface area contributed by atoms with Crippen molar-refractivity contribution in [2.45, 2.75) is 51.0 Å². The molecule has 110 valence electrons. The molecule has 1 aromatic carbocycles. The summed E-state index contributed by atoms with van der Waals surface area (Å²) < 4.78 is 6.57. The zero-order valence-corrected chi connectivity index (χ0v) is 13.8. The summed E-state index contributed by atoms with van der Waals surface area (Å²) in [5, 5.41) is 3.72. The Morgan fingerprint density at radius 1 is 1.10 bits per heavy atom. The lowest BCUT2D eigenvalue weighted by molar-refractivity contribution is 0.162. The molecule has 2 aliphatic carbocycles. The summed E-state index contributed by atoms with van der Waals surface area (Å²) in [4.78, 5) is 0. The third-order valence-electron chi connectivity index (χ3n) is 5.06. The predicted molar refractivity (Wildman–Crippen MR) is 87.4 cm³/mol. The first-order chi connectivity index (χ1) is 9.76. The van der Waals surface area contributed by atoms with E-state index in [1.807, 2.05) is 12.1 Å². The van der Waals surface area contributed by atoms with Gasteiger partial charge in [-0.1, -0.05) is 41.6 Å². The van der Waals surface area contributed by atoms with Gasteiger partial charge in [0.15, 0.2) is 0 Å². The van der Waals surface area contributed by atoms with Crippen LogP contribution in [0.4, 0.5) is 5.69 Å². The quantitative estimate of drug-likeness (QED) is 0.815. The summed E-state index contributed by atoms with van der Waals surface area (Å²) >= 11 is 3.55. The molecule has 0 spiro atoms. The summed E-state index contributed by atoms with van der Waals surface area (Å²) in [7, 11) is 1.74. The van der Waals surface area contributed by atoms with E-state index in [0.717, 1.165) is 27.7 Å². The maximum Gasteiger partial charge on any atom is 0.142 e. The molecule has 0 bridgehead atoms. The highest BCUT2D eigenvalue weighted by molar-refractivity contribution is 9.10. The minimum Gasteiger partial charge on any atom is -0.495 e. The highest BCUT2D eigenvalue weighted by Crippen LogP contribution is 2.41. The smallest absolute Gasteiger partial charge is 0.142 e. The molecule has 0 amide bonds. The predicted octanol–water partition coefficient (Wildman–Crippen LogP) is 5.23. The first kappa shape index (κ1) is 14.2. The Labute approximate surface area is 130 Å². The molecule has 3 unspecified atom stereocenters. The second-order valence-corrected chi connectivity index (χ2v) is 7.22. The van der Waals surface area contributed by atoms with Crippen LogP contribution in [0.15, 0.2) is 22.7 Å². The van der Waals surface area contributed by atoms with Gasteiger partial charge < -0.3 is 10.1 Å². The first-order valence-electron chi connectivity index (χ1n) is 7.86. The minimum atomic E-state index is 0.609. The third-order valence-corrected chi connectivity index (χ3v) is 5.55. The molecule has 1 aromatic rings. The van der Waals surface area contributed by atoms with Crippen molar-refractivity contribution in [2.75, 3.05) is 12.4 Å². The number of hydrogen-bond donors (Lipinski definition) is 1. The number of nitrogens with one attached hydrogen (secondary N) is 1. The molecule has 2 fully saturated rings. The van der Waals surface area contributed by atoms with E-state index in [-0.39, 0.29) is 0 Å². The van der Waals surface area contributed by atoms with Crippen LogP contribution in [0, 0.1) is 11.8 Å². The zero-order valence-electron chi connectivity index (χ0n) is 12.2. The van der Waals surface area contributed by atoms with Crippen LogP contribution in [0.1, 0.15) is 44.9 Å². The fourth-order valence-electron chi connectivity index (χ4n) is 4.02. The van der Waals surface area contributed by atoms with Crippen molar-refractivity contribution in [3.8, 4) is 5.75 Å². The van der Waals surface area contributed by atoms with Crippen LogP contribution in [0.2, 0.25) is 0 Å². The van der Waals surface area contributed by atoms with Gasteiger partial charge in [0.05, 0.1) is 12.8 Å². The molecular weight excluding hydrogens is 314 g/mol. The molecule has 1 N–H and O–H groups in total. The number of hydrogen-bond acceptors (Lipinski definition) is 2. The fraction of sp³-hybridized carbons (Fsp3) is 0.647. The van der Waals surface area contributed by atoms with Crippen LogP contribution in [0.25, 0.3) is 0 Å². The van der Waals surface area contributed by atoms with E-state index in [1.165, 1.54) is 44.9 Å². The fourth-order valence-corrected chi connectivity index (χ4v) is 4.38. The van der Waals surface area contributed by atoms with E-state index >= 15 is 0 Å². The van der Waals surface area contributed by atoms with Crippen LogP contribution < -0.4 is 10.1 Å². The lowest BCUT2D eigenvalue weighted by Crippen LogP contribution is -2.34. The van der Waals surface area contributed by atoms with Gasteiger partial charge in [-0.05, 0) is 49.3 Å². The van der Waals surface area contributed by atoms with Crippen molar-refractivity contribution < 1.29 is 4.74 Å². The Morgan fingerprint density at radius 2 is 1.90 bits per heavy atom. The Hall–Kier alpha value is -0.700. The lowest BCUT2D eigenvalue weighted by Gasteiger charge is -2.40. The SMILES string of the molecule is COc1ccc(Br)cc1NC1CCC2CCCCC2C1. The monoisotopic (exact) mass is 337 g/mol. The van der Waals surface area contributed by atoms with Gasteiger partial charge in [-0.25, -0.2) is 0 Å². The largest absolute Gasteiger partial charge is 0.495 e. The van der Waals surface area contributed by atoms with Crippen molar-refractivity contribution in [3.05, 3.63) is 22.7 Å². The molecule has 0 radical (unpaired) electrons. The average Bonchev–Trinajstić information content (AvgIpc) is 2.47. The van der Waals surface area contributed by atoms with Crippen LogP contribution in [-0.4, -0.2) is 13.2 Å². The summed E-state index contributed by atoms with van der Waals surface area (Å²) in [5.74, 6) is 2.90. The van der Waals surface area contributed by atoms with Gasteiger partial charge in [0, 0.05) is 10.5 Å². The van der Waals surface area contributed by atoms with Gasteiger partial charge in [-0.3, -0.25) is 0 Å². The second kappa shape index (κ2) is 6.38. The van der Waals surface area contributed by atoms with Gasteiger partial charge >= 0.3 is 0 Å². The van der Waals surface area contributed by atoms with Crippen LogP contribution in [0.5, 0.6) is 5.75 Å². The number of rotatable bonds is 3. The lowest BCUT2D eigenvalue weighted by atomic mass is 9.69. The van der Waals surface area contributed by atoms with E-state index in [0.29, 0.717) is 6.04 Å². The number of benzene rings is 1. The molecule has 2 nitrogen and oxygen atoms in total. The van der Waals surface area contributed by atoms with Crippen molar-refractivity contribution in [3.63, 3.8) is 0 Å². The van der Waals surface area contributed by atoms with Crippen LogP contribution in [-0.2, 0) is 0 Å². The Morgan fingerprint density at radius 3 is 2.70 bits per heavy atom. The molecule has 0 heterocycles. The van der Waals surface area contributed by atoms with Crippen LogP contribution >= 0.6 is 15.9 Å². The van der Waals surface area contributed by atoms with Crippen molar-refractivity contribution in [1.29, 1.82) is 0 Å². The Kier molecular flexibility index (Phi) is 4.54. The molecule has 0 saturated heterocycles. The second-order valence-electron chi connectivity index (χ2n) is 6.30. The van der Waals surface area contributed by atoms with Crippen molar-refractivity contribution >= 4 is 21.6 Å². The van der Waals surface area contributed by atoms with E-state index in [9.17, 15) is 0 Å². The molecule has 3 heteroatoms. The van der Waals surface area contributed by atoms with Gasteiger partial charge in [-0.15, -0.1) is 0 Å². The molecule has 3 atom stereocenters. The van der Waals surface area contributed by atoms with Gasteiger partial charge in [0.1, 0.15) is 5.75 Å². The molecule has 3 rings (SSSR count). The molecular formula is C17H24BrNO. The van der Waals surface area contributed by atoms with Crippen molar-refractivity contribution in [2.24, 2.45) is 11.8 Å². The summed E-state index contributed by atoms with van der Waals surface area (Å²) in [6, 6.07) is 6.80. The molecule has 20 heavy (non-hydrogen) atoms. The maximum absolute atomic E-state index is 5.47. The number of halogens is 1. The zero-order chi connectivity index (χ0) is 13.9. The highest BCUT2D eigenvalue weighted by Gasteiger charge is 2.32. The minimum absolute atomic E-state index is 0.609. The molecule has 0 aliphatic heterocycles. The summed E-state index contributed by atoms with van der Waals surface area (Å²) in [6.45, 7) is 0.